The SMILES string of the molecule is CCCN(CC)C(=O)Cn1cccc1C(=O)O. The Morgan fingerprint density at radius 2 is 2.12 bits per heavy atom. The second-order valence-corrected chi connectivity index (χ2v) is 3.80. The van der Waals surface area contributed by atoms with Crippen LogP contribution in [0.2, 0.25) is 0 Å². The summed E-state index contributed by atoms with van der Waals surface area (Å²) in [6.07, 6.45) is 2.51. The summed E-state index contributed by atoms with van der Waals surface area (Å²) in [5, 5.41) is 8.92. The number of carbonyl (C=O) groups is 2. The molecule has 17 heavy (non-hydrogen) atoms. The Morgan fingerprint density at radius 1 is 1.41 bits per heavy atom. The molecule has 5 nitrogen and oxygen atoms in total. The molecule has 0 radical (unpaired) electrons. The van der Waals surface area contributed by atoms with Gasteiger partial charge < -0.3 is 14.6 Å². The molecule has 1 amide bonds. The van der Waals surface area contributed by atoms with Gasteiger partial charge in [0.1, 0.15) is 12.2 Å². The molecular formula is C12H18N2O3. The van der Waals surface area contributed by atoms with E-state index in [-0.39, 0.29) is 18.1 Å². The predicted octanol–water partition coefficient (Wildman–Crippen LogP) is 1.44. The van der Waals surface area contributed by atoms with Crippen molar-refractivity contribution < 1.29 is 14.7 Å². The van der Waals surface area contributed by atoms with E-state index < -0.39 is 5.97 Å². The smallest absolute Gasteiger partial charge is 0.352 e. The van der Waals surface area contributed by atoms with Crippen LogP contribution in [0.1, 0.15) is 30.8 Å². The highest BCUT2D eigenvalue weighted by atomic mass is 16.4. The largest absolute Gasteiger partial charge is 0.477 e. The van der Waals surface area contributed by atoms with Crippen molar-refractivity contribution in [1.82, 2.24) is 9.47 Å². The zero-order valence-electron chi connectivity index (χ0n) is 10.2. The molecule has 0 fully saturated rings. The number of aromatic carboxylic acids is 1. The average Bonchev–Trinajstić information content (AvgIpc) is 2.73. The van der Waals surface area contributed by atoms with E-state index in [0.29, 0.717) is 13.1 Å². The lowest BCUT2D eigenvalue weighted by molar-refractivity contribution is -0.131. The molecule has 0 atom stereocenters. The minimum Gasteiger partial charge on any atom is -0.477 e. The van der Waals surface area contributed by atoms with Gasteiger partial charge in [-0.1, -0.05) is 6.92 Å². The fraction of sp³-hybridized carbons (Fsp3) is 0.500. The Labute approximate surface area is 101 Å². The Bertz CT molecular complexity index is 398. The molecule has 0 saturated heterocycles. The van der Waals surface area contributed by atoms with Gasteiger partial charge in [-0.15, -0.1) is 0 Å². The number of amides is 1. The predicted molar refractivity (Wildman–Crippen MR) is 63.9 cm³/mol. The summed E-state index contributed by atoms with van der Waals surface area (Å²) in [5.74, 6) is -1.06. The topological polar surface area (TPSA) is 62.5 Å². The molecule has 0 bridgehead atoms. The van der Waals surface area contributed by atoms with Gasteiger partial charge in [0.25, 0.3) is 0 Å². The lowest BCUT2D eigenvalue weighted by Gasteiger charge is -2.20. The quantitative estimate of drug-likeness (QED) is 0.815. The van der Waals surface area contributed by atoms with Crippen molar-refractivity contribution in [2.45, 2.75) is 26.8 Å². The highest BCUT2D eigenvalue weighted by Crippen LogP contribution is 2.04. The summed E-state index contributed by atoms with van der Waals surface area (Å²) in [7, 11) is 0. The van der Waals surface area contributed by atoms with Crippen molar-refractivity contribution >= 4 is 11.9 Å². The third kappa shape index (κ3) is 3.34. The molecule has 0 aliphatic heterocycles. The number of rotatable bonds is 6. The average molecular weight is 238 g/mol. The summed E-state index contributed by atoms with van der Waals surface area (Å²) in [5.41, 5.74) is 0.144. The summed E-state index contributed by atoms with van der Waals surface area (Å²) in [6.45, 7) is 5.37. The Balaban J connectivity index is 2.73. The standard InChI is InChI=1S/C12H18N2O3/c1-3-7-13(4-2)11(15)9-14-8-5-6-10(14)12(16)17/h5-6,8H,3-4,7,9H2,1-2H3,(H,16,17). The number of carboxylic acids is 1. The maximum absolute atomic E-state index is 11.9. The monoisotopic (exact) mass is 238 g/mol. The van der Waals surface area contributed by atoms with Crippen molar-refractivity contribution in [1.29, 1.82) is 0 Å². The van der Waals surface area contributed by atoms with Gasteiger partial charge in [0.15, 0.2) is 0 Å². The Morgan fingerprint density at radius 3 is 2.65 bits per heavy atom. The number of nitrogens with zero attached hydrogens (tertiary/aromatic N) is 2. The molecule has 1 aromatic rings. The number of hydrogen-bond acceptors (Lipinski definition) is 2. The van der Waals surface area contributed by atoms with E-state index in [1.165, 1.54) is 10.6 Å². The molecule has 0 spiro atoms. The van der Waals surface area contributed by atoms with Gasteiger partial charge in [0.2, 0.25) is 5.91 Å². The molecule has 0 saturated carbocycles. The van der Waals surface area contributed by atoms with E-state index in [1.54, 1.807) is 17.2 Å². The number of carbonyl (C=O) groups excluding carboxylic acids is 1. The van der Waals surface area contributed by atoms with Crippen LogP contribution in [0.4, 0.5) is 0 Å². The molecule has 1 N–H and O–H groups in total. The van der Waals surface area contributed by atoms with Crippen LogP contribution in [0, 0.1) is 0 Å². The number of hydrogen-bond donors (Lipinski definition) is 1. The molecule has 0 aliphatic rings. The van der Waals surface area contributed by atoms with Gasteiger partial charge in [-0.05, 0) is 25.5 Å². The molecule has 0 unspecified atom stereocenters. The van der Waals surface area contributed by atoms with E-state index in [4.69, 9.17) is 5.11 Å². The van der Waals surface area contributed by atoms with Crippen LogP contribution in [-0.2, 0) is 11.3 Å². The fourth-order valence-electron chi connectivity index (χ4n) is 1.72. The number of carboxylic acid groups (broad SMARTS) is 1. The van der Waals surface area contributed by atoms with E-state index in [1.807, 2.05) is 13.8 Å². The maximum atomic E-state index is 11.9. The van der Waals surface area contributed by atoms with Gasteiger partial charge in [-0.3, -0.25) is 4.79 Å². The Hall–Kier alpha value is -1.78. The molecule has 0 aliphatic carbocycles. The van der Waals surface area contributed by atoms with Gasteiger partial charge >= 0.3 is 5.97 Å². The molecule has 1 rings (SSSR count). The van der Waals surface area contributed by atoms with Crippen LogP contribution in [-0.4, -0.2) is 39.5 Å². The minimum absolute atomic E-state index is 0.0481. The second-order valence-electron chi connectivity index (χ2n) is 3.80. The van der Waals surface area contributed by atoms with Gasteiger partial charge in [0, 0.05) is 19.3 Å². The van der Waals surface area contributed by atoms with Crippen LogP contribution in [0.5, 0.6) is 0 Å². The number of likely N-dealkylation sites (N-methyl/N-ethyl adjacent to an activating group) is 1. The van der Waals surface area contributed by atoms with Crippen LogP contribution in [0.15, 0.2) is 18.3 Å². The molecule has 1 aromatic heterocycles. The zero-order valence-corrected chi connectivity index (χ0v) is 10.2. The summed E-state index contributed by atoms with van der Waals surface area (Å²) in [6, 6.07) is 3.12. The summed E-state index contributed by atoms with van der Waals surface area (Å²) in [4.78, 5) is 24.5. The zero-order chi connectivity index (χ0) is 12.8. The first-order valence-corrected chi connectivity index (χ1v) is 5.76. The summed E-state index contributed by atoms with van der Waals surface area (Å²) < 4.78 is 1.46. The van der Waals surface area contributed by atoms with Crippen LogP contribution in [0.3, 0.4) is 0 Å². The van der Waals surface area contributed by atoms with Gasteiger partial charge in [-0.2, -0.15) is 0 Å². The fourth-order valence-corrected chi connectivity index (χ4v) is 1.72. The molecule has 94 valence electrons. The van der Waals surface area contributed by atoms with E-state index in [0.717, 1.165) is 6.42 Å². The van der Waals surface area contributed by atoms with Crippen molar-refractivity contribution in [2.24, 2.45) is 0 Å². The van der Waals surface area contributed by atoms with Crippen molar-refractivity contribution in [2.75, 3.05) is 13.1 Å². The molecule has 1 heterocycles. The van der Waals surface area contributed by atoms with Crippen LogP contribution < -0.4 is 0 Å². The summed E-state index contributed by atoms with van der Waals surface area (Å²) >= 11 is 0. The van der Waals surface area contributed by atoms with Gasteiger partial charge in [-0.25, -0.2) is 4.79 Å². The maximum Gasteiger partial charge on any atom is 0.352 e. The van der Waals surface area contributed by atoms with Crippen LogP contribution >= 0.6 is 0 Å². The third-order valence-electron chi connectivity index (χ3n) is 2.58. The molecular weight excluding hydrogens is 220 g/mol. The first kappa shape index (κ1) is 13.3. The second kappa shape index (κ2) is 6.08. The Kier molecular flexibility index (Phi) is 4.75. The van der Waals surface area contributed by atoms with Crippen molar-refractivity contribution in [3.63, 3.8) is 0 Å². The molecule has 0 aromatic carbocycles. The lowest BCUT2D eigenvalue weighted by atomic mass is 10.3. The third-order valence-corrected chi connectivity index (χ3v) is 2.58. The van der Waals surface area contributed by atoms with Gasteiger partial charge in [0.05, 0.1) is 0 Å². The van der Waals surface area contributed by atoms with E-state index in [2.05, 4.69) is 0 Å². The van der Waals surface area contributed by atoms with Crippen LogP contribution in [0.25, 0.3) is 0 Å². The van der Waals surface area contributed by atoms with Crippen molar-refractivity contribution in [3.05, 3.63) is 24.0 Å². The highest BCUT2D eigenvalue weighted by molar-refractivity contribution is 5.86. The highest BCUT2D eigenvalue weighted by Gasteiger charge is 2.15. The van der Waals surface area contributed by atoms with Crippen molar-refractivity contribution in [3.8, 4) is 0 Å². The minimum atomic E-state index is -1.01. The first-order valence-electron chi connectivity index (χ1n) is 5.76. The van der Waals surface area contributed by atoms with E-state index in [9.17, 15) is 9.59 Å². The molecule has 5 heteroatoms. The number of aromatic nitrogens is 1. The van der Waals surface area contributed by atoms with E-state index >= 15 is 0 Å². The lowest BCUT2D eigenvalue weighted by Crippen LogP contribution is -2.34. The first-order chi connectivity index (χ1) is 8.10. The normalized spacial score (nSPS) is 10.2.